The van der Waals surface area contributed by atoms with Crippen molar-refractivity contribution in [1.29, 1.82) is 5.41 Å². The predicted octanol–water partition coefficient (Wildman–Crippen LogP) is 8.23. The first-order valence-electron chi connectivity index (χ1n) is 14.0. The summed E-state index contributed by atoms with van der Waals surface area (Å²) in [6, 6.07) is 5.56. The zero-order chi connectivity index (χ0) is 28.1. The van der Waals surface area contributed by atoms with E-state index in [0.717, 1.165) is 51.6 Å². The van der Waals surface area contributed by atoms with E-state index in [4.69, 9.17) is 14.9 Å². The van der Waals surface area contributed by atoms with Gasteiger partial charge in [0.2, 0.25) is 0 Å². The number of allylic oxidation sites excluding steroid dienone is 1. The summed E-state index contributed by atoms with van der Waals surface area (Å²) in [7, 11) is 0. The molecule has 214 valence electrons. The molecule has 5 unspecified atom stereocenters. The molecule has 0 aromatic heterocycles. The van der Waals surface area contributed by atoms with Crippen molar-refractivity contribution >= 4 is 5.71 Å². The summed E-state index contributed by atoms with van der Waals surface area (Å²) < 4.78 is 56.0. The number of halogens is 3. The van der Waals surface area contributed by atoms with Crippen LogP contribution in [0.1, 0.15) is 85.1 Å². The summed E-state index contributed by atoms with van der Waals surface area (Å²) in [6.07, 6.45) is 1.26. The van der Waals surface area contributed by atoms with E-state index >= 15 is 0 Å². The van der Waals surface area contributed by atoms with Crippen molar-refractivity contribution in [3.8, 4) is 5.75 Å². The molecule has 2 aliphatic carbocycles. The van der Waals surface area contributed by atoms with E-state index in [1.165, 1.54) is 18.2 Å². The highest BCUT2D eigenvalue weighted by molar-refractivity contribution is 6.12. The third-order valence-electron chi connectivity index (χ3n) is 8.59. The second-order valence-corrected chi connectivity index (χ2v) is 11.3. The van der Waals surface area contributed by atoms with Crippen molar-refractivity contribution in [3.05, 3.63) is 41.2 Å². The van der Waals surface area contributed by atoms with E-state index in [9.17, 15) is 18.3 Å². The second-order valence-electron chi connectivity index (χ2n) is 11.3. The molecule has 5 atom stereocenters. The Bertz CT molecular complexity index is 974. The summed E-state index contributed by atoms with van der Waals surface area (Å²) in [5.74, 6) is 0.645. The number of aliphatic hydroxyl groups is 1. The van der Waals surface area contributed by atoms with E-state index in [-0.39, 0.29) is 58.7 Å². The number of hydrogen-bond donors (Lipinski definition) is 2. The SMILES string of the molecule is CCC(C)CCOC1(C)C(C)CC(OC/C(C(=N)c2ccccc2OC(F)(F)F)=C(/O)C2CC2)CC1CC. The Morgan fingerprint density at radius 2 is 1.87 bits per heavy atom. The Labute approximate surface area is 225 Å². The predicted molar refractivity (Wildman–Crippen MR) is 143 cm³/mol. The number of nitrogens with one attached hydrogen (secondary N) is 1. The van der Waals surface area contributed by atoms with Gasteiger partial charge in [-0.3, -0.25) is 5.41 Å². The van der Waals surface area contributed by atoms with E-state index in [1.54, 1.807) is 6.07 Å². The molecule has 2 saturated carbocycles. The third-order valence-corrected chi connectivity index (χ3v) is 8.59. The zero-order valence-electron chi connectivity index (χ0n) is 23.4. The molecule has 1 aromatic rings. The van der Waals surface area contributed by atoms with Crippen molar-refractivity contribution in [1.82, 2.24) is 0 Å². The number of aliphatic hydroxyl groups excluding tert-OH is 1. The molecule has 0 heterocycles. The quantitative estimate of drug-likeness (QED) is 0.196. The van der Waals surface area contributed by atoms with Crippen molar-refractivity contribution in [2.24, 2.45) is 23.7 Å². The fourth-order valence-corrected chi connectivity index (χ4v) is 5.46. The molecule has 0 radical (unpaired) electrons. The first-order chi connectivity index (χ1) is 17.9. The number of ether oxygens (including phenoxy) is 3. The molecule has 0 amide bonds. The van der Waals surface area contributed by atoms with Gasteiger partial charge in [0.15, 0.2) is 0 Å². The molecule has 2 aliphatic rings. The van der Waals surface area contributed by atoms with Gasteiger partial charge in [-0.15, -0.1) is 13.2 Å². The summed E-state index contributed by atoms with van der Waals surface area (Å²) in [5.41, 5.74) is -0.258. The lowest BCUT2D eigenvalue weighted by molar-refractivity contribution is -0.274. The molecule has 2 N–H and O–H groups in total. The minimum absolute atomic E-state index is 0.0265. The lowest BCUT2D eigenvalue weighted by atomic mass is 9.67. The first-order valence-corrected chi connectivity index (χ1v) is 14.0. The van der Waals surface area contributed by atoms with Crippen LogP contribution in [0.5, 0.6) is 5.75 Å². The van der Waals surface area contributed by atoms with Crippen molar-refractivity contribution in [3.63, 3.8) is 0 Å². The Balaban J connectivity index is 1.73. The highest BCUT2D eigenvalue weighted by atomic mass is 19.4. The molecule has 38 heavy (non-hydrogen) atoms. The smallest absolute Gasteiger partial charge is 0.512 e. The second kappa shape index (κ2) is 12.9. The molecular formula is C30H44F3NO4. The van der Waals surface area contributed by atoms with E-state index < -0.39 is 12.1 Å². The molecule has 8 heteroatoms. The van der Waals surface area contributed by atoms with Crippen molar-refractivity contribution in [2.75, 3.05) is 13.2 Å². The van der Waals surface area contributed by atoms with Crippen molar-refractivity contribution < 1.29 is 32.5 Å². The van der Waals surface area contributed by atoms with Gasteiger partial charge in [0.1, 0.15) is 11.5 Å². The lowest BCUT2D eigenvalue weighted by Crippen LogP contribution is -2.50. The van der Waals surface area contributed by atoms with E-state index in [1.807, 2.05) is 0 Å². The van der Waals surface area contributed by atoms with E-state index in [0.29, 0.717) is 5.92 Å². The van der Waals surface area contributed by atoms with Crippen LogP contribution in [0.15, 0.2) is 35.6 Å². The van der Waals surface area contributed by atoms with Crippen LogP contribution in [0.4, 0.5) is 13.2 Å². The molecular weight excluding hydrogens is 495 g/mol. The topological polar surface area (TPSA) is 71.8 Å². The molecule has 0 spiro atoms. The van der Waals surface area contributed by atoms with Gasteiger partial charge in [-0.1, -0.05) is 52.7 Å². The maximum absolute atomic E-state index is 13.0. The number of para-hydroxylation sites is 1. The Hall–Kier alpha value is -2.06. The first kappa shape index (κ1) is 30.5. The number of benzene rings is 1. The van der Waals surface area contributed by atoms with Crippen LogP contribution in [0, 0.1) is 29.1 Å². The number of hydrogen-bond acceptors (Lipinski definition) is 5. The highest BCUT2D eigenvalue weighted by Crippen LogP contribution is 2.44. The third kappa shape index (κ3) is 7.75. The largest absolute Gasteiger partial charge is 0.573 e. The van der Waals surface area contributed by atoms with Gasteiger partial charge < -0.3 is 19.3 Å². The molecule has 2 fully saturated rings. The monoisotopic (exact) mass is 539 g/mol. The maximum Gasteiger partial charge on any atom is 0.573 e. The fourth-order valence-electron chi connectivity index (χ4n) is 5.46. The minimum Gasteiger partial charge on any atom is -0.512 e. The van der Waals surface area contributed by atoms with Crippen LogP contribution < -0.4 is 4.74 Å². The lowest BCUT2D eigenvalue weighted by Gasteiger charge is -2.48. The van der Waals surface area contributed by atoms with Gasteiger partial charge in [-0.05, 0) is 68.9 Å². The Morgan fingerprint density at radius 3 is 2.47 bits per heavy atom. The average Bonchev–Trinajstić information content (AvgIpc) is 3.71. The fraction of sp³-hybridized carbons (Fsp3) is 0.700. The van der Waals surface area contributed by atoms with Crippen LogP contribution in [-0.2, 0) is 9.47 Å². The Morgan fingerprint density at radius 1 is 1.18 bits per heavy atom. The maximum atomic E-state index is 13.0. The minimum atomic E-state index is -4.88. The van der Waals surface area contributed by atoms with Gasteiger partial charge in [0, 0.05) is 23.7 Å². The van der Waals surface area contributed by atoms with Crippen LogP contribution in [-0.4, -0.2) is 42.1 Å². The van der Waals surface area contributed by atoms with E-state index in [2.05, 4.69) is 39.4 Å². The van der Waals surface area contributed by atoms with Gasteiger partial charge in [0.05, 0.1) is 24.0 Å². The molecule has 3 rings (SSSR count). The normalized spacial score (nSPS) is 27.5. The molecule has 0 aliphatic heterocycles. The Kier molecular flexibility index (Phi) is 10.3. The van der Waals surface area contributed by atoms with Gasteiger partial charge >= 0.3 is 6.36 Å². The van der Waals surface area contributed by atoms with Gasteiger partial charge in [-0.2, -0.15) is 0 Å². The van der Waals surface area contributed by atoms with Crippen LogP contribution in [0.25, 0.3) is 0 Å². The molecule has 5 nitrogen and oxygen atoms in total. The summed E-state index contributed by atoms with van der Waals surface area (Å²) in [4.78, 5) is 0. The van der Waals surface area contributed by atoms with Crippen LogP contribution in [0.3, 0.4) is 0 Å². The summed E-state index contributed by atoms with van der Waals surface area (Å²) in [5, 5.41) is 19.6. The standard InChI is InChI=1S/C30H44F3NO4/c1-6-19(3)14-15-37-29(5)20(4)16-23(17-22(29)7-2)36-18-25(28(35)21-12-13-21)27(34)24-10-8-9-11-26(24)38-30(31,32)33/h8-11,19-23,34-35H,6-7,12-18H2,1-5H3/b28-25-,34-27?. The van der Waals surface area contributed by atoms with Crippen LogP contribution >= 0.6 is 0 Å². The average molecular weight is 540 g/mol. The van der Waals surface area contributed by atoms with Crippen molar-refractivity contribution in [2.45, 2.75) is 97.6 Å². The molecule has 0 saturated heterocycles. The molecule has 1 aromatic carbocycles. The zero-order valence-corrected chi connectivity index (χ0v) is 23.4. The molecule has 0 bridgehead atoms. The summed E-state index contributed by atoms with van der Waals surface area (Å²) >= 11 is 0. The highest BCUT2D eigenvalue weighted by Gasteiger charge is 2.45. The number of rotatable bonds is 13. The van der Waals surface area contributed by atoms with Gasteiger partial charge in [-0.25, -0.2) is 0 Å². The van der Waals surface area contributed by atoms with Crippen LogP contribution in [0.2, 0.25) is 0 Å². The van der Waals surface area contributed by atoms with Gasteiger partial charge in [0.25, 0.3) is 0 Å². The number of alkyl halides is 3. The summed E-state index contributed by atoms with van der Waals surface area (Å²) in [6.45, 7) is 11.7.